The van der Waals surface area contributed by atoms with Gasteiger partial charge in [0.05, 0.1) is 26.6 Å². The molecule has 2 amide bonds. The molecule has 3 aromatic rings. The fraction of sp³-hybridized carbons (Fsp3) is 0.0556. The molecular weight excluding hydrogens is 377 g/mol. The SMILES string of the molecule is Cn1c(C=C2SC(=O)N(c3ccc(F)c(Cl)c3)C2=O)nc2ccccc21. The van der Waals surface area contributed by atoms with E-state index in [0.29, 0.717) is 5.82 Å². The van der Waals surface area contributed by atoms with Crippen molar-refractivity contribution in [3.8, 4) is 0 Å². The van der Waals surface area contributed by atoms with Crippen molar-refractivity contribution in [2.75, 3.05) is 4.90 Å². The number of benzene rings is 2. The number of amides is 2. The van der Waals surface area contributed by atoms with E-state index in [1.165, 1.54) is 12.1 Å². The van der Waals surface area contributed by atoms with Crippen LogP contribution >= 0.6 is 23.4 Å². The van der Waals surface area contributed by atoms with Crippen molar-refractivity contribution in [2.45, 2.75) is 0 Å². The summed E-state index contributed by atoms with van der Waals surface area (Å²) in [5.74, 6) is -0.541. The van der Waals surface area contributed by atoms with E-state index in [4.69, 9.17) is 11.6 Å². The first-order chi connectivity index (χ1) is 12.5. The Balaban J connectivity index is 1.73. The fourth-order valence-corrected chi connectivity index (χ4v) is 3.71. The normalized spacial score (nSPS) is 16.3. The summed E-state index contributed by atoms with van der Waals surface area (Å²) < 4.78 is 15.2. The number of imidazole rings is 1. The van der Waals surface area contributed by atoms with Crippen molar-refractivity contribution >= 4 is 57.3 Å². The minimum atomic E-state index is -0.613. The number of hydrogen-bond acceptors (Lipinski definition) is 4. The zero-order chi connectivity index (χ0) is 18.4. The Morgan fingerprint density at radius 3 is 2.69 bits per heavy atom. The topological polar surface area (TPSA) is 55.2 Å². The minimum Gasteiger partial charge on any atom is -0.328 e. The van der Waals surface area contributed by atoms with Gasteiger partial charge < -0.3 is 4.57 Å². The Hall–Kier alpha value is -2.64. The Morgan fingerprint density at radius 1 is 1.19 bits per heavy atom. The van der Waals surface area contributed by atoms with Crippen molar-refractivity contribution in [1.29, 1.82) is 0 Å². The summed E-state index contributed by atoms with van der Waals surface area (Å²) in [5, 5.41) is -0.622. The van der Waals surface area contributed by atoms with Gasteiger partial charge in [0, 0.05) is 13.1 Å². The monoisotopic (exact) mass is 387 g/mol. The number of nitrogens with zero attached hydrogens (tertiary/aromatic N) is 3. The number of hydrogen-bond donors (Lipinski definition) is 0. The van der Waals surface area contributed by atoms with Crippen molar-refractivity contribution in [1.82, 2.24) is 9.55 Å². The van der Waals surface area contributed by atoms with Gasteiger partial charge in [-0.25, -0.2) is 14.3 Å². The highest BCUT2D eigenvalue weighted by molar-refractivity contribution is 8.19. The molecule has 130 valence electrons. The molecule has 0 bridgehead atoms. The molecule has 4 rings (SSSR count). The van der Waals surface area contributed by atoms with Crippen molar-refractivity contribution in [3.05, 3.63) is 64.0 Å². The summed E-state index contributed by atoms with van der Waals surface area (Å²) in [4.78, 5) is 30.7. The molecule has 8 heteroatoms. The van der Waals surface area contributed by atoms with Gasteiger partial charge in [-0.2, -0.15) is 0 Å². The lowest BCUT2D eigenvalue weighted by Gasteiger charge is -2.12. The lowest BCUT2D eigenvalue weighted by Crippen LogP contribution is -2.27. The van der Waals surface area contributed by atoms with Crippen LogP contribution in [0.25, 0.3) is 17.1 Å². The number of rotatable bonds is 2. The highest BCUT2D eigenvalue weighted by Crippen LogP contribution is 2.37. The number of fused-ring (bicyclic) bond motifs is 1. The number of aromatic nitrogens is 2. The minimum absolute atomic E-state index is 0.152. The molecule has 0 atom stereocenters. The summed E-state index contributed by atoms with van der Waals surface area (Å²) in [6.45, 7) is 0. The van der Waals surface area contributed by atoms with E-state index in [-0.39, 0.29) is 15.6 Å². The van der Waals surface area contributed by atoms with Crippen molar-refractivity contribution in [3.63, 3.8) is 0 Å². The van der Waals surface area contributed by atoms with E-state index in [1.54, 1.807) is 6.08 Å². The molecular formula is C18H11ClFN3O2S. The van der Waals surface area contributed by atoms with Crippen molar-refractivity contribution < 1.29 is 14.0 Å². The average molecular weight is 388 g/mol. The van der Waals surface area contributed by atoms with Gasteiger partial charge in [0.2, 0.25) is 0 Å². The molecule has 2 aromatic carbocycles. The van der Waals surface area contributed by atoms with E-state index < -0.39 is 17.0 Å². The predicted molar refractivity (Wildman–Crippen MR) is 101 cm³/mol. The van der Waals surface area contributed by atoms with Gasteiger partial charge in [-0.15, -0.1) is 0 Å². The zero-order valence-corrected chi connectivity index (χ0v) is 15.0. The van der Waals surface area contributed by atoms with Gasteiger partial charge in [0.25, 0.3) is 11.1 Å². The molecule has 1 fully saturated rings. The number of anilines is 1. The van der Waals surface area contributed by atoms with Crippen LogP contribution in [-0.2, 0) is 11.8 Å². The molecule has 1 aliphatic heterocycles. The fourth-order valence-electron chi connectivity index (χ4n) is 2.72. The lowest BCUT2D eigenvalue weighted by molar-refractivity contribution is -0.113. The van der Waals surface area contributed by atoms with Gasteiger partial charge in [-0.3, -0.25) is 9.59 Å². The van der Waals surface area contributed by atoms with E-state index >= 15 is 0 Å². The third kappa shape index (κ3) is 2.69. The van der Waals surface area contributed by atoms with Gasteiger partial charge in [0.1, 0.15) is 11.6 Å². The molecule has 26 heavy (non-hydrogen) atoms. The zero-order valence-electron chi connectivity index (χ0n) is 13.4. The van der Waals surface area contributed by atoms with E-state index in [2.05, 4.69) is 4.98 Å². The van der Waals surface area contributed by atoms with Crippen LogP contribution < -0.4 is 4.90 Å². The van der Waals surface area contributed by atoms with Gasteiger partial charge >= 0.3 is 0 Å². The molecule has 1 aliphatic rings. The van der Waals surface area contributed by atoms with E-state index in [1.807, 2.05) is 35.9 Å². The number of carbonyl (C=O) groups is 2. The summed E-state index contributed by atoms with van der Waals surface area (Å²) in [6, 6.07) is 11.3. The molecule has 1 saturated heterocycles. The molecule has 0 spiro atoms. The van der Waals surface area contributed by atoms with Gasteiger partial charge in [0.15, 0.2) is 0 Å². The van der Waals surface area contributed by atoms with Crippen LogP contribution in [0, 0.1) is 5.82 Å². The maximum atomic E-state index is 13.3. The van der Waals surface area contributed by atoms with Crippen LogP contribution in [0.4, 0.5) is 14.9 Å². The molecule has 5 nitrogen and oxygen atoms in total. The highest BCUT2D eigenvalue weighted by atomic mass is 35.5. The first-order valence-corrected chi connectivity index (χ1v) is 8.79. The van der Waals surface area contributed by atoms with Crippen molar-refractivity contribution in [2.24, 2.45) is 7.05 Å². The average Bonchev–Trinajstić information content (AvgIpc) is 3.08. The van der Waals surface area contributed by atoms with Crippen LogP contribution in [-0.4, -0.2) is 20.7 Å². The van der Waals surface area contributed by atoms with Gasteiger partial charge in [-0.05, 0) is 42.1 Å². The molecule has 1 aromatic heterocycles. The summed E-state index contributed by atoms with van der Waals surface area (Å²) in [6.07, 6.45) is 1.58. The maximum Gasteiger partial charge on any atom is 0.298 e. The predicted octanol–water partition coefficient (Wildman–Crippen LogP) is 4.61. The second-order valence-electron chi connectivity index (χ2n) is 5.63. The molecule has 0 N–H and O–H groups in total. The lowest BCUT2D eigenvalue weighted by atomic mass is 10.2. The Kier molecular flexibility index (Phi) is 4.05. The number of imide groups is 1. The second-order valence-corrected chi connectivity index (χ2v) is 7.03. The third-order valence-corrected chi connectivity index (χ3v) is 5.20. The van der Waals surface area contributed by atoms with Crippen LogP contribution in [0.1, 0.15) is 5.82 Å². The van der Waals surface area contributed by atoms with Crippen LogP contribution in [0.15, 0.2) is 47.4 Å². The van der Waals surface area contributed by atoms with Crippen LogP contribution in [0.2, 0.25) is 5.02 Å². The van der Waals surface area contributed by atoms with Crippen LogP contribution in [0.3, 0.4) is 0 Å². The maximum absolute atomic E-state index is 13.3. The smallest absolute Gasteiger partial charge is 0.298 e. The number of carbonyl (C=O) groups excluding carboxylic acids is 2. The molecule has 0 saturated carbocycles. The largest absolute Gasteiger partial charge is 0.328 e. The molecule has 0 aliphatic carbocycles. The van der Waals surface area contributed by atoms with Gasteiger partial charge in [-0.1, -0.05) is 23.7 Å². The number of thioether (sulfide) groups is 1. The molecule has 0 radical (unpaired) electrons. The Bertz CT molecular complexity index is 1110. The number of halogens is 2. The first-order valence-electron chi connectivity index (χ1n) is 7.60. The number of para-hydroxylation sites is 2. The third-order valence-electron chi connectivity index (χ3n) is 4.04. The molecule has 0 unspecified atom stereocenters. The highest BCUT2D eigenvalue weighted by Gasteiger charge is 2.36. The number of aryl methyl sites for hydroxylation is 1. The van der Waals surface area contributed by atoms with E-state index in [9.17, 15) is 14.0 Å². The Labute approximate surface area is 157 Å². The molecule has 2 heterocycles. The quantitative estimate of drug-likeness (QED) is 0.603. The summed E-state index contributed by atoms with van der Waals surface area (Å²) >= 11 is 6.57. The first kappa shape index (κ1) is 16.8. The second kappa shape index (κ2) is 6.26. The summed E-state index contributed by atoms with van der Waals surface area (Å²) in [7, 11) is 1.84. The van der Waals surface area contributed by atoms with Crippen LogP contribution in [0.5, 0.6) is 0 Å². The Morgan fingerprint density at radius 2 is 1.96 bits per heavy atom. The van der Waals surface area contributed by atoms with E-state index in [0.717, 1.165) is 33.8 Å². The summed E-state index contributed by atoms with van der Waals surface area (Å²) in [5.41, 5.74) is 1.95. The standard InChI is InChI=1S/C18H11ClFN3O2S/c1-22-14-5-3-2-4-13(14)21-16(22)9-15-17(24)23(18(25)26-15)10-6-7-12(20)11(19)8-10/h2-9H,1H3.